The lowest BCUT2D eigenvalue weighted by Crippen LogP contribution is -2.21. The van der Waals surface area contributed by atoms with Gasteiger partial charge in [0.25, 0.3) is 0 Å². The van der Waals surface area contributed by atoms with E-state index in [4.69, 9.17) is 4.74 Å². The lowest BCUT2D eigenvalue weighted by Gasteiger charge is -2.06. The molecule has 0 radical (unpaired) electrons. The molecule has 0 saturated carbocycles. The van der Waals surface area contributed by atoms with Gasteiger partial charge in [-0.1, -0.05) is 18.2 Å². The van der Waals surface area contributed by atoms with Crippen LogP contribution in [0.4, 0.5) is 0 Å². The van der Waals surface area contributed by atoms with Gasteiger partial charge in [-0.25, -0.2) is 0 Å². The first-order valence-electron chi connectivity index (χ1n) is 4.62. The predicted octanol–water partition coefficient (Wildman–Crippen LogP) is 1.16. The van der Waals surface area contributed by atoms with Crippen molar-refractivity contribution in [3.8, 4) is 5.75 Å². The molecule has 1 N–H and O–H groups in total. The number of hydrogen-bond acceptors (Lipinski definition) is 4. The van der Waals surface area contributed by atoms with Crippen molar-refractivity contribution >= 4 is 16.9 Å². The van der Waals surface area contributed by atoms with Gasteiger partial charge in [0.2, 0.25) is 0 Å². The molecule has 2 rings (SSSR count). The highest BCUT2D eigenvalue weighted by Crippen LogP contribution is 2.15. The maximum absolute atomic E-state index is 11.6. The fourth-order valence-corrected chi connectivity index (χ4v) is 1.45. The molecule has 1 heterocycles. The third-order valence-electron chi connectivity index (χ3n) is 2.11. The second-order valence-corrected chi connectivity index (χ2v) is 3.28. The van der Waals surface area contributed by atoms with Crippen LogP contribution in [0.2, 0.25) is 0 Å². The van der Waals surface area contributed by atoms with Gasteiger partial charge in [-0.3, -0.25) is 9.59 Å². The van der Waals surface area contributed by atoms with E-state index in [1.165, 1.54) is 13.0 Å². The summed E-state index contributed by atoms with van der Waals surface area (Å²) in [6.07, 6.45) is 0. The maximum atomic E-state index is 11.6. The Morgan fingerprint density at radius 1 is 1.38 bits per heavy atom. The molecule has 0 spiro atoms. The number of nitrogens with zero attached hydrogens (tertiary/aromatic N) is 1. The summed E-state index contributed by atoms with van der Waals surface area (Å²) in [6, 6.07) is 8.17. The molecular weight excluding hydrogens is 210 g/mol. The van der Waals surface area contributed by atoms with Gasteiger partial charge in [0, 0.05) is 12.3 Å². The van der Waals surface area contributed by atoms with E-state index in [1.54, 1.807) is 24.3 Å². The molecule has 0 aliphatic heterocycles. The molecular formula is C11H9NO4. The minimum absolute atomic E-state index is 0.186. The smallest absolute Gasteiger partial charge is 0.326 e. The Kier molecular flexibility index (Phi) is 2.36. The first-order valence-corrected chi connectivity index (χ1v) is 4.62. The summed E-state index contributed by atoms with van der Waals surface area (Å²) >= 11 is 0. The number of carbonyl (C=O) groups excluding carboxylic acids is 1. The molecule has 0 atom stereocenters. The van der Waals surface area contributed by atoms with Crippen LogP contribution >= 0.6 is 0 Å². The number of para-hydroxylation sites is 1. The topological polar surface area (TPSA) is 68.5 Å². The average Bonchev–Trinajstić information content (AvgIpc) is 2.25. The maximum Gasteiger partial charge on any atom is 0.326 e. The molecule has 5 heteroatoms. The molecule has 16 heavy (non-hydrogen) atoms. The number of pyridine rings is 1. The van der Waals surface area contributed by atoms with Crippen LogP contribution in [0.5, 0.6) is 5.75 Å². The summed E-state index contributed by atoms with van der Waals surface area (Å²) < 4.78 is 5.17. The standard InChI is InChI=1S/C11H9NO4/c1-7(13)16-10-6-8-4-2-3-5-9(8)12(15)11(10)14/h2-6,15H,1H3. The van der Waals surface area contributed by atoms with Gasteiger partial charge in [-0.05, 0) is 12.1 Å². The van der Waals surface area contributed by atoms with Crippen molar-refractivity contribution in [1.82, 2.24) is 4.73 Å². The molecule has 1 aromatic heterocycles. The summed E-state index contributed by atoms with van der Waals surface area (Å²) in [7, 11) is 0. The van der Waals surface area contributed by atoms with E-state index in [2.05, 4.69) is 0 Å². The van der Waals surface area contributed by atoms with Crippen molar-refractivity contribution in [3.63, 3.8) is 0 Å². The quantitative estimate of drug-likeness (QED) is 0.577. The van der Waals surface area contributed by atoms with Crippen molar-refractivity contribution in [1.29, 1.82) is 0 Å². The number of fused-ring (bicyclic) bond motifs is 1. The number of carbonyl (C=O) groups is 1. The Morgan fingerprint density at radius 3 is 2.75 bits per heavy atom. The number of esters is 1. The Hall–Kier alpha value is -2.30. The van der Waals surface area contributed by atoms with Gasteiger partial charge >= 0.3 is 11.5 Å². The summed E-state index contributed by atoms with van der Waals surface area (Å²) in [5.41, 5.74) is -0.391. The normalized spacial score (nSPS) is 10.3. The van der Waals surface area contributed by atoms with Crippen molar-refractivity contribution in [3.05, 3.63) is 40.7 Å². The van der Waals surface area contributed by atoms with E-state index in [-0.39, 0.29) is 5.75 Å². The van der Waals surface area contributed by atoms with E-state index >= 15 is 0 Å². The predicted molar refractivity (Wildman–Crippen MR) is 56.7 cm³/mol. The van der Waals surface area contributed by atoms with Crippen LogP contribution in [0.15, 0.2) is 35.1 Å². The molecule has 0 aliphatic carbocycles. The fourth-order valence-electron chi connectivity index (χ4n) is 1.45. The lowest BCUT2D eigenvalue weighted by atomic mass is 10.2. The van der Waals surface area contributed by atoms with Crippen LogP contribution in [0.1, 0.15) is 6.92 Å². The molecule has 82 valence electrons. The van der Waals surface area contributed by atoms with Crippen LogP contribution in [0.25, 0.3) is 10.9 Å². The second kappa shape index (κ2) is 3.69. The molecule has 2 aromatic rings. The molecule has 0 bridgehead atoms. The first-order chi connectivity index (χ1) is 7.59. The van der Waals surface area contributed by atoms with Crippen LogP contribution in [-0.4, -0.2) is 15.9 Å². The van der Waals surface area contributed by atoms with Crippen LogP contribution in [0, 0.1) is 0 Å². The number of benzene rings is 1. The summed E-state index contributed by atoms with van der Waals surface area (Å²) in [5, 5.41) is 10.2. The summed E-state index contributed by atoms with van der Waals surface area (Å²) in [4.78, 5) is 22.3. The Bertz CT molecular complexity index is 615. The van der Waals surface area contributed by atoms with E-state index in [0.717, 1.165) is 0 Å². The van der Waals surface area contributed by atoms with E-state index in [9.17, 15) is 14.8 Å². The van der Waals surface area contributed by atoms with E-state index in [0.29, 0.717) is 15.6 Å². The third kappa shape index (κ3) is 1.63. The van der Waals surface area contributed by atoms with Crippen molar-refractivity contribution < 1.29 is 14.7 Å². The summed E-state index contributed by atoms with van der Waals surface area (Å²) in [6.45, 7) is 1.19. The highest BCUT2D eigenvalue weighted by molar-refractivity contribution is 5.81. The highest BCUT2D eigenvalue weighted by Gasteiger charge is 2.10. The van der Waals surface area contributed by atoms with Crippen molar-refractivity contribution in [2.45, 2.75) is 6.92 Å². The largest absolute Gasteiger partial charge is 0.425 e. The first kappa shape index (κ1) is 10.2. The zero-order valence-electron chi connectivity index (χ0n) is 8.51. The van der Waals surface area contributed by atoms with Gasteiger partial charge in [-0.2, -0.15) is 0 Å². The van der Waals surface area contributed by atoms with Gasteiger partial charge in [0.15, 0.2) is 5.75 Å². The lowest BCUT2D eigenvalue weighted by molar-refractivity contribution is -0.132. The number of hydrogen-bond donors (Lipinski definition) is 1. The van der Waals surface area contributed by atoms with Gasteiger partial charge in [-0.15, -0.1) is 4.73 Å². The minimum Gasteiger partial charge on any atom is -0.425 e. The van der Waals surface area contributed by atoms with Crippen molar-refractivity contribution in [2.24, 2.45) is 0 Å². The van der Waals surface area contributed by atoms with Gasteiger partial charge in [0.1, 0.15) is 0 Å². The molecule has 0 fully saturated rings. The Balaban J connectivity index is 2.74. The number of aromatic nitrogens is 1. The number of ether oxygens (including phenoxy) is 1. The SMILES string of the molecule is CC(=O)Oc1cc2ccccc2n(O)c1=O. The minimum atomic E-state index is -0.756. The Morgan fingerprint density at radius 2 is 2.06 bits per heavy atom. The van der Waals surface area contributed by atoms with Gasteiger partial charge in [0.05, 0.1) is 5.52 Å². The van der Waals surface area contributed by atoms with Gasteiger partial charge < -0.3 is 9.94 Å². The highest BCUT2D eigenvalue weighted by atomic mass is 16.5. The third-order valence-corrected chi connectivity index (χ3v) is 2.11. The number of rotatable bonds is 1. The average molecular weight is 219 g/mol. The van der Waals surface area contributed by atoms with Crippen LogP contribution < -0.4 is 10.3 Å². The molecule has 0 saturated heterocycles. The second-order valence-electron chi connectivity index (χ2n) is 3.28. The van der Waals surface area contributed by atoms with E-state index < -0.39 is 11.5 Å². The van der Waals surface area contributed by atoms with E-state index in [1.807, 2.05) is 0 Å². The molecule has 5 nitrogen and oxygen atoms in total. The van der Waals surface area contributed by atoms with Crippen LogP contribution in [0.3, 0.4) is 0 Å². The van der Waals surface area contributed by atoms with Crippen molar-refractivity contribution in [2.75, 3.05) is 0 Å². The monoisotopic (exact) mass is 219 g/mol. The zero-order valence-corrected chi connectivity index (χ0v) is 8.51. The Labute approximate surface area is 90.5 Å². The molecule has 1 aromatic carbocycles. The molecule has 0 amide bonds. The summed E-state index contributed by atoms with van der Waals surface area (Å²) in [5.74, 6) is -0.791. The molecule has 0 aliphatic rings. The zero-order chi connectivity index (χ0) is 11.7. The fraction of sp³-hybridized carbons (Fsp3) is 0.0909. The van der Waals surface area contributed by atoms with Crippen LogP contribution in [-0.2, 0) is 4.79 Å². The molecule has 0 unspecified atom stereocenters.